The topological polar surface area (TPSA) is 35.5 Å². The number of carbonyl (C=O) groups excluding carboxylic acids is 1. The van der Waals surface area contributed by atoms with Crippen molar-refractivity contribution >= 4 is 6.29 Å². The maximum absolute atomic E-state index is 10.5. The van der Waals surface area contributed by atoms with Gasteiger partial charge in [-0.05, 0) is 35.2 Å². The highest BCUT2D eigenvalue weighted by atomic mass is 16.5. The van der Waals surface area contributed by atoms with Crippen molar-refractivity contribution in [1.29, 1.82) is 0 Å². The van der Waals surface area contributed by atoms with Crippen LogP contribution in [0.25, 0.3) is 0 Å². The van der Waals surface area contributed by atoms with E-state index in [1.807, 2.05) is 72.8 Å². The first kappa shape index (κ1) is 17.3. The van der Waals surface area contributed by atoms with Crippen LogP contribution in [-0.4, -0.2) is 6.29 Å². The largest absolute Gasteiger partial charge is 0.485 e. The highest BCUT2D eigenvalue weighted by Gasteiger charge is 2.07. The first-order valence-electron chi connectivity index (χ1n) is 8.28. The molecule has 3 aromatic rings. The average Bonchev–Trinajstić information content (AvgIpc) is 2.71. The van der Waals surface area contributed by atoms with Crippen molar-refractivity contribution in [3.63, 3.8) is 0 Å². The van der Waals surface area contributed by atoms with Gasteiger partial charge in [0.25, 0.3) is 0 Å². The van der Waals surface area contributed by atoms with E-state index in [-0.39, 0.29) is 0 Å². The summed E-state index contributed by atoms with van der Waals surface area (Å²) >= 11 is 0. The van der Waals surface area contributed by atoms with E-state index in [0.29, 0.717) is 36.6 Å². The molecule has 0 aliphatic rings. The van der Waals surface area contributed by atoms with Crippen LogP contribution in [0.2, 0.25) is 0 Å². The molecule has 0 N–H and O–H groups in total. The van der Waals surface area contributed by atoms with Crippen molar-refractivity contribution in [3.05, 3.63) is 95.6 Å². The van der Waals surface area contributed by atoms with Gasteiger partial charge in [-0.25, -0.2) is 0 Å². The molecule has 0 saturated heterocycles. The second kappa shape index (κ2) is 9.10. The Balaban J connectivity index is 1.78. The van der Waals surface area contributed by atoms with Gasteiger partial charge in [-0.3, -0.25) is 4.79 Å². The number of ether oxygens (including phenoxy) is 2. The van der Waals surface area contributed by atoms with Crippen LogP contribution in [0.5, 0.6) is 11.5 Å². The molecule has 0 fully saturated rings. The van der Waals surface area contributed by atoms with Gasteiger partial charge in [0.1, 0.15) is 13.2 Å². The second-order valence-electron chi connectivity index (χ2n) is 5.60. The van der Waals surface area contributed by atoms with Gasteiger partial charge in [-0.2, -0.15) is 0 Å². The fraction of sp³-hybridized carbons (Fsp3) is 0.0870. The van der Waals surface area contributed by atoms with Crippen molar-refractivity contribution < 1.29 is 14.3 Å². The third kappa shape index (κ3) is 4.99. The fourth-order valence-corrected chi connectivity index (χ4v) is 2.40. The smallest absolute Gasteiger partial charge is 0.193 e. The zero-order valence-electron chi connectivity index (χ0n) is 14.2. The number of carbonyl (C=O) groups is 1. The summed E-state index contributed by atoms with van der Waals surface area (Å²) in [5, 5.41) is 0. The summed E-state index contributed by atoms with van der Waals surface area (Å²) in [6.45, 7) is 0.870. The van der Waals surface area contributed by atoms with Crippen LogP contribution in [0.1, 0.15) is 16.7 Å². The Kier molecular flexibility index (Phi) is 6.06. The van der Waals surface area contributed by atoms with Gasteiger partial charge >= 0.3 is 0 Å². The number of hydrogen-bond acceptors (Lipinski definition) is 3. The minimum Gasteiger partial charge on any atom is -0.485 e. The highest BCUT2D eigenvalue weighted by Crippen LogP contribution is 2.30. The monoisotopic (exact) mass is 342 g/mol. The number of rotatable bonds is 6. The Bertz CT molecular complexity index is 906. The Labute approximate surface area is 153 Å². The van der Waals surface area contributed by atoms with Gasteiger partial charge in [0.15, 0.2) is 17.8 Å². The van der Waals surface area contributed by atoms with E-state index in [2.05, 4.69) is 11.8 Å². The maximum atomic E-state index is 10.5. The van der Waals surface area contributed by atoms with Gasteiger partial charge in [0.05, 0.1) is 0 Å². The van der Waals surface area contributed by atoms with Crippen LogP contribution in [0.4, 0.5) is 0 Å². The van der Waals surface area contributed by atoms with Crippen LogP contribution in [0.15, 0.2) is 78.9 Å². The molecule has 0 aromatic heterocycles. The summed E-state index contributed by atoms with van der Waals surface area (Å²) in [6, 6.07) is 25.3. The molecule has 3 aromatic carbocycles. The Morgan fingerprint density at radius 3 is 1.88 bits per heavy atom. The Hall–Kier alpha value is -3.51. The van der Waals surface area contributed by atoms with E-state index in [0.717, 1.165) is 11.1 Å². The summed E-state index contributed by atoms with van der Waals surface area (Å²) in [5.74, 6) is 6.44. The molecule has 0 aliphatic carbocycles. The van der Waals surface area contributed by atoms with Gasteiger partial charge < -0.3 is 9.47 Å². The molecule has 0 heterocycles. The van der Waals surface area contributed by atoms with E-state index in [9.17, 15) is 4.79 Å². The van der Waals surface area contributed by atoms with Gasteiger partial charge in [-0.1, -0.05) is 66.6 Å². The Morgan fingerprint density at radius 2 is 1.31 bits per heavy atom. The summed E-state index contributed by atoms with van der Waals surface area (Å²) in [7, 11) is 0. The van der Waals surface area contributed by atoms with E-state index in [1.54, 1.807) is 6.07 Å². The Morgan fingerprint density at radius 1 is 0.731 bits per heavy atom. The van der Waals surface area contributed by atoms with Crippen LogP contribution in [0.3, 0.4) is 0 Å². The zero-order chi connectivity index (χ0) is 18.0. The third-order valence-electron chi connectivity index (χ3n) is 3.69. The van der Waals surface area contributed by atoms with Crippen LogP contribution in [0, 0.1) is 11.8 Å². The predicted octanol–water partition coefficient (Wildman–Crippen LogP) is 4.40. The molecule has 0 spiro atoms. The molecule has 128 valence electrons. The van der Waals surface area contributed by atoms with Crippen LogP contribution >= 0.6 is 0 Å². The normalized spacial score (nSPS) is 9.69. The molecule has 0 saturated carbocycles. The summed E-state index contributed by atoms with van der Waals surface area (Å²) in [4.78, 5) is 10.5. The molecule has 0 bridgehead atoms. The second-order valence-corrected chi connectivity index (χ2v) is 5.60. The zero-order valence-corrected chi connectivity index (χ0v) is 14.2. The van der Waals surface area contributed by atoms with Gasteiger partial charge in [0, 0.05) is 5.56 Å². The molecule has 3 heteroatoms. The molecule has 0 amide bonds. The van der Waals surface area contributed by atoms with Crippen molar-refractivity contribution in [2.75, 3.05) is 0 Å². The summed E-state index contributed by atoms with van der Waals surface area (Å²) < 4.78 is 11.9. The quantitative estimate of drug-likeness (QED) is 0.492. The predicted molar refractivity (Wildman–Crippen MR) is 101 cm³/mol. The lowest BCUT2D eigenvalue weighted by molar-refractivity contribution is -0.103. The summed E-state index contributed by atoms with van der Waals surface area (Å²) in [6.07, 6.45) is 0.574. The standard InChI is InChI=1S/C23H18O3/c24-15-7-12-19-13-14-22(25-17-20-8-3-1-4-9-20)23(16-19)26-18-21-10-5-2-6-11-21/h1-6,8-11,13-16H,17-18H2. The van der Waals surface area contributed by atoms with E-state index in [1.165, 1.54) is 0 Å². The fourth-order valence-electron chi connectivity index (χ4n) is 2.40. The van der Waals surface area contributed by atoms with Crippen molar-refractivity contribution in [3.8, 4) is 23.3 Å². The molecular formula is C23H18O3. The molecule has 3 rings (SSSR count). The van der Waals surface area contributed by atoms with Gasteiger partial charge in [0.2, 0.25) is 0 Å². The molecule has 0 atom stereocenters. The maximum Gasteiger partial charge on any atom is 0.193 e. The number of aldehydes is 1. The SMILES string of the molecule is O=CC#Cc1ccc(OCc2ccccc2)c(OCc2ccccc2)c1. The minimum atomic E-state index is 0.424. The molecule has 0 unspecified atom stereocenters. The molecular weight excluding hydrogens is 324 g/mol. The molecule has 0 radical (unpaired) electrons. The average molecular weight is 342 g/mol. The molecule has 26 heavy (non-hydrogen) atoms. The van der Waals surface area contributed by atoms with Crippen molar-refractivity contribution in [2.45, 2.75) is 13.2 Å². The molecule has 3 nitrogen and oxygen atoms in total. The van der Waals surface area contributed by atoms with Crippen molar-refractivity contribution in [1.82, 2.24) is 0 Å². The number of hydrogen-bond donors (Lipinski definition) is 0. The van der Waals surface area contributed by atoms with Crippen LogP contribution < -0.4 is 9.47 Å². The van der Waals surface area contributed by atoms with Crippen molar-refractivity contribution in [2.24, 2.45) is 0 Å². The summed E-state index contributed by atoms with van der Waals surface area (Å²) in [5.41, 5.74) is 2.84. The van der Waals surface area contributed by atoms with E-state index >= 15 is 0 Å². The van der Waals surface area contributed by atoms with E-state index < -0.39 is 0 Å². The molecule has 0 aliphatic heterocycles. The lowest BCUT2D eigenvalue weighted by atomic mass is 10.2. The number of benzene rings is 3. The lowest BCUT2D eigenvalue weighted by Crippen LogP contribution is -2.01. The van der Waals surface area contributed by atoms with Crippen LogP contribution in [-0.2, 0) is 18.0 Å². The first-order valence-corrected chi connectivity index (χ1v) is 8.28. The highest BCUT2D eigenvalue weighted by molar-refractivity contribution is 5.74. The van der Waals surface area contributed by atoms with E-state index in [4.69, 9.17) is 9.47 Å². The van der Waals surface area contributed by atoms with Gasteiger partial charge in [-0.15, -0.1) is 0 Å². The minimum absolute atomic E-state index is 0.424. The third-order valence-corrected chi connectivity index (χ3v) is 3.69. The lowest BCUT2D eigenvalue weighted by Gasteiger charge is -2.13. The first-order chi connectivity index (χ1) is 12.8.